The van der Waals surface area contributed by atoms with Gasteiger partial charge in [0, 0.05) is 6.07 Å². The third-order valence-electron chi connectivity index (χ3n) is 4.16. The lowest BCUT2D eigenvalue weighted by Gasteiger charge is -2.35. The molecule has 2 aromatic rings. The number of nitro benzene ring substituents is 1. The summed E-state index contributed by atoms with van der Waals surface area (Å²) in [6.07, 6.45) is 0.578. The van der Waals surface area contributed by atoms with Gasteiger partial charge in [-0.3, -0.25) is 25.1 Å². The molecule has 0 atom stereocenters. The smallest absolute Gasteiger partial charge is 0.267 e. The van der Waals surface area contributed by atoms with Crippen LogP contribution in [0.25, 0.3) is 0 Å². The third kappa shape index (κ3) is 4.92. The second kappa shape index (κ2) is 8.34. The van der Waals surface area contributed by atoms with Crippen molar-refractivity contribution in [2.45, 2.75) is 39.7 Å². The second-order valence-corrected chi connectivity index (χ2v) is 7.34. The van der Waals surface area contributed by atoms with Crippen molar-refractivity contribution in [3.05, 3.63) is 74.8 Å². The van der Waals surface area contributed by atoms with Crippen molar-refractivity contribution in [1.29, 1.82) is 0 Å². The summed E-state index contributed by atoms with van der Waals surface area (Å²) < 4.78 is 27.9. The molecule has 0 aliphatic carbocycles. The zero-order valence-electron chi connectivity index (χ0n) is 16.5. The van der Waals surface area contributed by atoms with Gasteiger partial charge in [-0.2, -0.15) is 0 Å². The van der Waals surface area contributed by atoms with Gasteiger partial charge in [0.05, 0.1) is 16.0 Å². The molecule has 0 aliphatic heterocycles. The number of amides is 2. The number of carbonyl (C=O) groups is 2. The topological polar surface area (TPSA) is 92.6 Å². The molecule has 0 aliphatic rings. The van der Waals surface area contributed by atoms with Crippen LogP contribution in [0.1, 0.15) is 54.0 Å². The van der Waals surface area contributed by atoms with E-state index in [4.69, 9.17) is 0 Å². The molecule has 1 N–H and O–H groups in total. The van der Waals surface area contributed by atoms with Crippen molar-refractivity contribution < 1.29 is 23.3 Å². The molecule has 0 saturated carbocycles. The van der Waals surface area contributed by atoms with Gasteiger partial charge in [0.1, 0.15) is 17.2 Å². The molecule has 7 nitrogen and oxygen atoms in total. The number of hydrogen-bond acceptors (Lipinski definition) is 4. The molecule has 0 radical (unpaired) electrons. The van der Waals surface area contributed by atoms with Crippen molar-refractivity contribution in [2.24, 2.45) is 0 Å². The molecule has 0 spiro atoms. The Kier molecular flexibility index (Phi) is 6.31. The van der Waals surface area contributed by atoms with Crippen LogP contribution in [0.3, 0.4) is 0 Å². The van der Waals surface area contributed by atoms with Crippen LogP contribution in [0.5, 0.6) is 0 Å². The number of carbonyl (C=O) groups excluding carboxylic acids is 2. The minimum absolute atomic E-state index is 0.294. The normalized spacial score (nSPS) is 11.1. The largest absolute Gasteiger partial charge is 0.282 e. The number of hydrogen-bond donors (Lipinski definition) is 1. The van der Waals surface area contributed by atoms with E-state index in [1.165, 1.54) is 12.1 Å². The average molecular weight is 405 g/mol. The lowest BCUT2D eigenvalue weighted by atomic mass is 10.0. The van der Waals surface area contributed by atoms with Crippen LogP contribution >= 0.6 is 0 Å². The van der Waals surface area contributed by atoms with Gasteiger partial charge in [-0.25, -0.2) is 13.8 Å². The fourth-order valence-corrected chi connectivity index (χ4v) is 2.61. The van der Waals surface area contributed by atoms with E-state index in [0.29, 0.717) is 12.0 Å². The number of halogens is 2. The highest BCUT2D eigenvalue weighted by molar-refractivity contribution is 6.01. The van der Waals surface area contributed by atoms with Crippen molar-refractivity contribution >= 4 is 17.5 Å². The molecule has 2 amide bonds. The van der Waals surface area contributed by atoms with Crippen LogP contribution in [0, 0.1) is 21.7 Å². The standard InChI is InChI=1S/C20H21F2N3O4/c1-5-12-6-8-14(16(22)10-12)18(26)23-24(20(2,3)4)19(27)15-11-13(21)7-9-17(15)25(28)29/h6-11H,5H2,1-4H3,(H,23,26). The van der Waals surface area contributed by atoms with Gasteiger partial charge in [0.25, 0.3) is 17.5 Å². The maximum atomic E-state index is 14.3. The number of nitrogens with one attached hydrogen (secondary N) is 1. The van der Waals surface area contributed by atoms with Gasteiger partial charge in [-0.15, -0.1) is 0 Å². The summed E-state index contributed by atoms with van der Waals surface area (Å²) in [6, 6.07) is 6.55. The van der Waals surface area contributed by atoms with Crippen LogP contribution in [-0.4, -0.2) is 27.3 Å². The molecule has 0 unspecified atom stereocenters. The Morgan fingerprint density at radius 2 is 1.76 bits per heavy atom. The lowest BCUT2D eigenvalue weighted by molar-refractivity contribution is -0.385. The first-order chi connectivity index (χ1) is 13.5. The molecule has 2 aromatic carbocycles. The summed E-state index contributed by atoms with van der Waals surface area (Å²) in [6.45, 7) is 6.52. The van der Waals surface area contributed by atoms with Crippen LogP contribution in [0.2, 0.25) is 0 Å². The van der Waals surface area contributed by atoms with Crippen LogP contribution < -0.4 is 5.43 Å². The zero-order chi connectivity index (χ0) is 21.9. The molecular weight excluding hydrogens is 384 g/mol. The number of aryl methyl sites for hydroxylation is 1. The van der Waals surface area contributed by atoms with E-state index in [2.05, 4.69) is 5.43 Å². The minimum atomic E-state index is -1.05. The van der Waals surface area contributed by atoms with Gasteiger partial charge >= 0.3 is 0 Å². The molecule has 9 heteroatoms. The third-order valence-corrected chi connectivity index (χ3v) is 4.16. The highest BCUT2D eigenvalue weighted by atomic mass is 19.1. The molecule has 0 heterocycles. The minimum Gasteiger partial charge on any atom is -0.267 e. The van der Waals surface area contributed by atoms with E-state index in [9.17, 15) is 28.5 Å². The van der Waals surface area contributed by atoms with Gasteiger partial charge in [0.2, 0.25) is 0 Å². The van der Waals surface area contributed by atoms with Crippen LogP contribution in [0.4, 0.5) is 14.5 Å². The molecule has 0 saturated heterocycles. The number of rotatable bonds is 4. The van der Waals surface area contributed by atoms with Crippen molar-refractivity contribution in [2.75, 3.05) is 0 Å². The quantitative estimate of drug-likeness (QED) is 0.614. The Morgan fingerprint density at radius 1 is 1.10 bits per heavy atom. The molecule has 2 rings (SSSR count). The van der Waals surface area contributed by atoms with E-state index >= 15 is 0 Å². The average Bonchev–Trinajstić information content (AvgIpc) is 2.63. The molecular formula is C20H21F2N3O4. The van der Waals surface area contributed by atoms with Gasteiger partial charge in [0.15, 0.2) is 0 Å². The summed E-state index contributed by atoms with van der Waals surface area (Å²) in [5.41, 5.74) is 0.498. The van der Waals surface area contributed by atoms with Gasteiger partial charge in [-0.05, 0) is 57.0 Å². The zero-order valence-corrected chi connectivity index (χ0v) is 16.5. The van der Waals surface area contributed by atoms with Gasteiger partial charge < -0.3 is 0 Å². The maximum Gasteiger partial charge on any atom is 0.282 e. The fourth-order valence-electron chi connectivity index (χ4n) is 2.61. The summed E-state index contributed by atoms with van der Waals surface area (Å²) >= 11 is 0. The number of hydrazine groups is 1. The number of nitro groups is 1. The van der Waals surface area contributed by atoms with Crippen molar-refractivity contribution in [1.82, 2.24) is 10.4 Å². The second-order valence-electron chi connectivity index (χ2n) is 7.34. The SMILES string of the molecule is CCc1ccc(C(=O)NN(C(=O)c2cc(F)ccc2[N+](=O)[O-])C(C)(C)C)c(F)c1. The lowest BCUT2D eigenvalue weighted by Crippen LogP contribution is -2.56. The van der Waals surface area contributed by atoms with Crippen LogP contribution in [0.15, 0.2) is 36.4 Å². The highest BCUT2D eigenvalue weighted by Crippen LogP contribution is 2.24. The Labute approximate surface area is 166 Å². The van der Waals surface area contributed by atoms with E-state index in [1.807, 2.05) is 6.92 Å². The molecule has 0 aromatic heterocycles. The summed E-state index contributed by atoms with van der Waals surface area (Å²) in [7, 11) is 0. The highest BCUT2D eigenvalue weighted by Gasteiger charge is 2.34. The Hall–Kier alpha value is -3.36. The summed E-state index contributed by atoms with van der Waals surface area (Å²) in [4.78, 5) is 36.0. The first-order valence-corrected chi connectivity index (χ1v) is 8.83. The Morgan fingerprint density at radius 3 is 2.28 bits per heavy atom. The molecule has 154 valence electrons. The molecule has 0 fully saturated rings. The predicted octanol–water partition coefficient (Wildman–Crippen LogP) is 4.02. The van der Waals surface area contributed by atoms with E-state index < -0.39 is 45.2 Å². The molecule has 29 heavy (non-hydrogen) atoms. The summed E-state index contributed by atoms with van der Waals surface area (Å²) in [5, 5.41) is 12.1. The predicted molar refractivity (Wildman–Crippen MR) is 102 cm³/mol. The first kappa shape index (κ1) is 21.9. The van der Waals surface area contributed by atoms with E-state index in [-0.39, 0.29) is 5.56 Å². The van der Waals surface area contributed by atoms with E-state index in [0.717, 1.165) is 23.2 Å². The number of nitrogens with zero attached hydrogens (tertiary/aromatic N) is 2. The van der Waals surface area contributed by atoms with Gasteiger partial charge in [-0.1, -0.05) is 13.0 Å². The monoisotopic (exact) mass is 405 g/mol. The summed E-state index contributed by atoms with van der Waals surface area (Å²) in [5.74, 6) is -3.52. The van der Waals surface area contributed by atoms with Crippen molar-refractivity contribution in [3.63, 3.8) is 0 Å². The molecule has 0 bridgehead atoms. The first-order valence-electron chi connectivity index (χ1n) is 8.83. The van der Waals surface area contributed by atoms with E-state index in [1.54, 1.807) is 26.8 Å². The van der Waals surface area contributed by atoms with Crippen molar-refractivity contribution in [3.8, 4) is 0 Å². The van der Waals surface area contributed by atoms with Crippen LogP contribution in [-0.2, 0) is 6.42 Å². The Bertz CT molecular complexity index is 971. The Balaban J connectivity index is 2.43. The number of benzene rings is 2. The maximum absolute atomic E-state index is 14.3. The fraction of sp³-hybridized carbons (Fsp3) is 0.300.